The van der Waals surface area contributed by atoms with Crippen LogP contribution < -0.4 is 5.32 Å². The molecular weight excluding hydrogens is 220 g/mol. The number of hydrogen-bond acceptors (Lipinski definition) is 5. The highest BCUT2D eigenvalue weighted by Crippen LogP contribution is 2.07. The van der Waals surface area contributed by atoms with Gasteiger partial charge in [0, 0.05) is 18.6 Å². The molecule has 0 aliphatic heterocycles. The van der Waals surface area contributed by atoms with Gasteiger partial charge in [-0.2, -0.15) is 0 Å². The molecule has 0 aromatic rings. The monoisotopic (exact) mass is 246 g/mol. The van der Waals surface area contributed by atoms with Crippen LogP contribution in [0.15, 0.2) is 0 Å². The standard InChI is InChI=1S/C12H26N2O3/c1-6-17-11(16)7-10(15)8-13-9-12(2,3)14(4)5/h10,13,15H,6-9H2,1-5H3. The van der Waals surface area contributed by atoms with Crippen LogP contribution in [0.1, 0.15) is 27.2 Å². The number of nitrogens with zero attached hydrogens (tertiary/aromatic N) is 1. The van der Waals surface area contributed by atoms with Crippen LogP contribution in [0.2, 0.25) is 0 Å². The van der Waals surface area contributed by atoms with Crippen LogP contribution in [0.4, 0.5) is 0 Å². The Bertz CT molecular complexity index is 230. The van der Waals surface area contributed by atoms with Crippen molar-refractivity contribution >= 4 is 5.97 Å². The maximum Gasteiger partial charge on any atom is 0.308 e. The highest BCUT2D eigenvalue weighted by Gasteiger charge is 2.20. The SMILES string of the molecule is CCOC(=O)CC(O)CNCC(C)(C)N(C)C. The van der Waals surface area contributed by atoms with Crippen molar-refractivity contribution < 1.29 is 14.6 Å². The number of ether oxygens (including phenoxy) is 1. The van der Waals surface area contributed by atoms with Crippen LogP contribution in [0.25, 0.3) is 0 Å². The van der Waals surface area contributed by atoms with Crippen molar-refractivity contribution in [2.45, 2.75) is 38.8 Å². The van der Waals surface area contributed by atoms with E-state index in [2.05, 4.69) is 24.1 Å². The molecule has 0 aromatic heterocycles. The van der Waals surface area contributed by atoms with Gasteiger partial charge in [0.25, 0.3) is 0 Å². The predicted molar refractivity (Wildman–Crippen MR) is 67.9 cm³/mol. The summed E-state index contributed by atoms with van der Waals surface area (Å²) in [6.45, 7) is 7.47. The molecule has 0 radical (unpaired) electrons. The summed E-state index contributed by atoms with van der Waals surface area (Å²) in [5, 5.41) is 12.8. The summed E-state index contributed by atoms with van der Waals surface area (Å²) in [6.07, 6.45) is -0.643. The Hall–Kier alpha value is -0.650. The maximum atomic E-state index is 11.1. The minimum absolute atomic E-state index is 0.0175. The van der Waals surface area contributed by atoms with E-state index in [-0.39, 0.29) is 17.9 Å². The van der Waals surface area contributed by atoms with Crippen molar-refractivity contribution in [1.29, 1.82) is 0 Å². The highest BCUT2D eigenvalue weighted by molar-refractivity contribution is 5.69. The van der Waals surface area contributed by atoms with E-state index in [0.717, 1.165) is 6.54 Å². The van der Waals surface area contributed by atoms with Gasteiger partial charge in [0.2, 0.25) is 0 Å². The minimum Gasteiger partial charge on any atom is -0.466 e. The Labute approximate surface area is 104 Å². The van der Waals surface area contributed by atoms with Crippen LogP contribution in [-0.2, 0) is 9.53 Å². The van der Waals surface area contributed by atoms with E-state index < -0.39 is 6.10 Å². The minimum atomic E-state index is -0.688. The van der Waals surface area contributed by atoms with Crippen molar-refractivity contribution in [2.24, 2.45) is 0 Å². The van der Waals surface area contributed by atoms with Crippen LogP contribution in [0, 0.1) is 0 Å². The van der Waals surface area contributed by atoms with Gasteiger partial charge < -0.3 is 20.1 Å². The first-order valence-corrected chi connectivity index (χ1v) is 6.01. The molecule has 0 bridgehead atoms. The first kappa shape index (κ1) is 16.4. The van der Waals surface area contributed by atoms with E-state index in [9.17, 15) is 9.90 Å². The molecule has 0 saturated heterocycles. The smallest absolute Gasteiger partial charge is 0.308 e. The summed E-state index contributed by atoms with van der Waals surface area (Å²) in [7, 11) is 4.02. The summed E-state index contributed by atoms with van der Waals surface area (Å²) < 4.78 is 4.76. The zero-order valence-electron chi connectivity index (χ0n) is 11.6. The number of rotatable bonds is 8. The zero-order valence-corrected chi connectivity index (χ0v) is 11.6. The molecule has 0 fully saturated rings. The van der Waals surface area contributed by atoms with E-state index in [1.165, 1.54) is 0 Å². The molecule has 17 heavy (non-hydrogen) atoms. The summed E-state index contributed by atoms with van der Waals surface area (Å²) in [4.78, 5) is 13.2. The lowest BCUT2D eigenvalue weighted by Gasteiger charge is -2.33. The van der Waals surface area contributed by atoms with Crippen molar-refractivity contribution in [3.8, 4) is 0 Å². The average Bonchev–Trinajstić information content (AvgIpc) is 2.16. The van der Waals surface area contributed by atoms with Crippen molar-refractivity contribution in [1.82, 2.24) is 10.2 Å². The quantitative estimate of drug-likeness (QED) is 0.600. The molecule has 0 rings (SSSR count). The molecule has 0 saturated carbocycles. The molecule has 0 spiro atoms. The molecule has 0 aliphatic rings. The predicted octanol–water partition coefficient (Wildman–Crippen LogP) is 0.230. The number of aliphatic hydroxyl groups is 1. The summed E-state index contributed by atoms with van der Waals surface area (Å²) >= 11 is 0. The third-order valence-corrected chi connectivity index (χ3v) is 2.86. The van der Waals surface area contributed by atoms with Gasteiger partial charge >= 0.3 is 5.97 Å². The van der Waals surface area contributed by atoms with Crippen molar-refractivity contribution in [3.05, 3.63) is 0 Å². The fourth-order valence-corrected chi connectivity index (χ4v) is 1.19. The van der Waals surface area contributed by atoms with E-state index in [1.54, 1.807) is 6.92 Å². The van der Waals surface area contributed by atoms with Gasteiger partial charge in [-0.25, -0.2) is 0 Å². The average molecular weight is 246 g/mol. The Morgan fingerprint density at radius 2 is 2.06 bits per heavy atom. The van der Waals surface area contributed by atoms with Gasteiger partial charge in [-0.3, -0.25) is 4.79 Å². The van der Waals surface area contributed by atoms with Gasteiger partial charge in [0.15, 0.2) is 0 Å². The van der Waals surface area contributed by atoms with E-state index in [0.29, 0.717) is 13.2 Å². The second kappa shape index (κ2) is 7.63. The zero-order chi connectivity index (χ0) is 13.5. The van der Waals surface area contributed by atoms with Crippen molar-refractivity contribution in [2.75, 3.05) is 33.8 Å². The molecule has 1 unspecified atom stereocenters. The Morgan fingerprint density at radius 3 is 2.53 bits per heavy atom. The van der Waals surface area contributed by atoms with Gasteiger partial charge in [-0.15, -0.1) is 0 Å². The third kappa shape index (κ3) is 7.31. The lowest BCUT2D eigenvalue weighted by atomic mass is 10.0. The fraction of sp³-hybridized carbons (Fsp3) is 0.917. The molecule has 2 N–H and O–H groups in total. The normalized spacial score (nSPS) is 13.8. The van der Waals surface area contributed by atoms with E-state index in [4.69, 9.17) is 4.74 Å². The van der Waals surface area contributed by atoms with Crippen LogP contribution in [0.5, 0.6) is 0 Å². The molecular formula is C12H26N2O3. The van der Waals surface area contributed by atoms with Gasteiger partial charge in [-0.1, -0.05) is 0 Å². The number of aliphatic hydroxyl groups excluding tert-OH is 1. The number of hydrogen-bond donors (Lipinski definition) is 2. The van der Waals surface area contributed by atoms with E-state index in [1.807, 2.05) is 14.1 Å². The van der Waals surface area contributed by atoms with Crippen LogP contribution in [-0.4, -0.2) is 61.4 Å². The largest absolute Gasteiger partial charge is 0.466 e. The molecule has 0 aliphatic carbocycles. The lowest BCUT2D eigenvalue weighted by molar-refractivity contribution is -0.145. The molecule has 1 atom stereocenters. The second-order valence-electron chi connectivity index (χ2n) is 5.00. The molecule has 102 valence electrons. The van der Waals surface area contributed by atoms with E-state index >= 15 is 0 Å². The lowest BCUT2D eigenvalue weighted by Crippen LogP contribution is -2.48. The Morgan fingerprint density at radius 1 is 1.47 bits per heavy atom. The Balaban J connectivity index is 3.78. The number of carbonyl (C=O) groups is 1. The molecule has 5 nitrogen and oxygen atoms in total. The van der Waals surface area contributed by atoms with Gasteiger partial charge in [0.1, 0.15) is 0 Å². The maximum absolute atomic E-state index is 11.1. The molecule has 0 aromatic carbocycles. The number of carbonyl (C=O) groups excluding carboxylic acids is 1. The first-order chi connectivity index (χ1) is 7.79. The third-order valence-electron chi connectivity index (χ3n) is 2.86. The summed E-state index contributed by atoms with van der Waals surface area (Å²) in [5.41, 5.74) is 0.0175. The van der Waals surface area contributed by atoms with Crippen LogP contribution >= 0.6 is 0 Å². The number of esters is 1. The number of nitrogens with one attached hydrogen (secondary N) is 1. The van der Waals surface area contributed by atoms with Crippen molar-refractivity contribution in [3.63, 3.8) is 0 Å². The summed E-state index contributed by atoms with van der Waals surface area (Å²) in [6, 6.07) is 0. The molecule has 5 heteroatoms. The van der Waals surface area contributed by atoms with Gasteiger partial charge in [0.05, 0.1) is 19.1 Å². The summed E-state index contributed by atoms with van der Waals surface area (Å²) in [5.74, 6) is -0.353. The van der Waals surface area contributed by atoms with Gasteiger partial charge in [-0.05, 0) is 34.9 Å². The number of likely N-dealkylation sites (N-methyl/N-ethyl adjacent to an activating group) is 1. The molecule has 0 heterocycles. The Kier molecular flexibility index (Phi) is 7.34. The first-order valence-electron chi connectivity index (χ1n) is 6.01. The fourth-order valence-electron chi connectivity index (χ4n) is 1.19. The topological polar surface area (TPSA) is 61.8 Å². The van der Waals surface area contributed by atoms with Crippen LogP contribution in [0.3, 0.4) is 0 Å². The molecule has 0 amide bonds. The second-order valence-corrected chi connectivity index (χ2v) is 5.00. The highest BCUT2D eigenvalue weighted by atomic mass is 16.5.